The van der Waals surface area contributed by atoms with Crippen LogP contribution in [0.15, 0.2) is 24.4 Å². The van der Waals surface area contributed by atoms with E-state index < -0.39 is 16.9 Å². The molecule has 1 saturated heterocycles. The van der Waals surface area contributed by atoms with E-state index in [1.54, 1.807) is 24.0 Å². The number of nitrogens with one attached hydrogen (secondary N) is 1. The van der Waals surface area contributed by atoms with E-state index in [9.17, 15) is 24.5 Å². The number of rotatable bonds is 9. The molecule has 0 radical (unpaired) electrons. The molecule has 1 amide bonds. The van der Waals surface area contributed by atoms with Crippen LogP contribution in [0.25, 0.3) is 21.9 Å². The third-order valence-corrected chi connectivity index (χ3v) is 8.91. The second-order valence-electron chi connectivity index (χ2n) is 12.3. The summed E-state index contributed by atoms with van der Waals surface area (Å²) in [6.45, 7) is 17.4. The van der Waals surface area contributed by atoms with Gasteiger partial charge in [-0.15, -0.1) is 0 Å². The number of carbonyl (C=O) groups is 3. The first-order valence-corrected chi connectivity index (χ1v) is 15.7. The zero-order chi connectivity index (χ0) is 33.1. The molecule has 244 valence electrons. The van der Waals surface area contributed by atoms with E-state index in [0.29, 0.717) is 49.2 Å². The molecule has 2 atom stereocenters. The molecule has 14 heteroatoms. The predicted molar refractivity (Wildman–Crippen MR) is 168 cm³/mol. The van der Waals surface area contributed by atoms with Crippen molar-refractivity contribution in [2.24, 2.45) is 17.8 Å². The Balaban J connectivity index is 1.33. The smallest absolute Gasteiger partial charge is 0.331 e. The minimum atomic E-state index is -0.607. The van der Waals surface area contributed by atoms with E-state index in [0.717, 1.165) is 12.8 Å². The molecule has 3 heterocycles. The highest BCUT2D eigenvalue weighted by Gasteiger charge is 2.36. The number of nitro groups is 1. The van der Waals surface area contributed by atoms with E-state index in [1.165, 1.54) is 16.8 Å². The average Bonchev–Trinajstić information content (AvgIpc) is 3.59. The maximum atomic E-state index is 13.4. The Morgan fingerprint density at radius 1 is 1.11 bits per heavy atom. The molecule has 1 aromatic carbocycles. The summed E-state index contributed by atoms with van der Waals surface area (Å²) in [7, 11) is 0. The van der Waals surface area contributed by atoms with E-state index in [2.05, 4.69) is 35.7 Å². The summed E-state index contributed by atoms with van der Waals surface area (Å²) in [5, 5.41) is 15.2. The number of anilines is 1. The van der Waals surface area contributed by atoms with Crippen molar-refractivity contribution >= 4 is 40.6 Å². The van der Waals surface area contributed by atoms with Crippen LogP contribution in [0.5, 0.6) is 0 Å². The zero-order valence-corrected chi connectivity index (χ0v) is 26.5. The lowest BCUT2D eigenvalue weighted by Crippen LogP contribution is -2.49. The van der Waals surface area contributed by atoms with E-state index in [4.69, 9.17) is 16.0 Å². The van der Waals surface area contributed by atoms with E-state index in [-0.39, 0.29) is 65.9 Å². The summed E-state index contributed by atoms with van der Waals surface area (Å²) in [6.07, 6.45) is 3.18. The summed E-state index contributed by atoms with van der Waals surface area (Å²) in [4.78, 5) is 60.9. The molecule has 1 aliphatic heterocycles. The van der Waals surface area contributed by atoms with Crippen molar-refractivity contribution in [3.8, 4) is 11.4 Å². The van der Waals surface area contributed by atoms with Gasteiger partial charge in [-0.05, 0) is 49.7 Å². The summed E-state index contributed by atoms with van der Waals surface area (Å²) < 4.78 is 12.3. The van der Waals surface area contributed by atoms with Crippen LogP contribution in [0.2, 0.25) is 0 Å². The molecule has 5 rings (SSSR count). The number of ether oxygens (including phenoxy) is 2. The molecule has 1 aliphatic carbocycles. The predicted octanol–water partition coefficient (Wildman–Crippen LogP) is 5.01. The van der Waals surface area contributed by atoms with Crippen LogP contribution in [0, 0.1) is 34.4 Å². The van der Waals surface area contributed by atoms with Crippen LogP contribution in [0.4, 0.5) is 17.1 Å². The minimum Gasteiger partial charge on any atom is -0.466 e. The number of amides is 1. The third-order valence-electron chi connectivity index (χ3n) is 8.91. The van der Waals surface area contributed by atoms with Crippen LogP contribution < -0.4 is 4.90 Å². The zero-order valence-electron chi connectivity index (χ0n) is 26.5. The number of fused-ring (bicyclic) bond motifs is 1. The number of esters is 2. The number of hydrogen-bond acceptors (Lipinski definition) is 9. The first kappa shape index (κ1) is 32.5. The molecule has 1 saturated carbocycles. The van der Waals surface area contributed by atoms with Gasteiger partial charge in [-0.25, -0.2) is 14.6 Å². The molecule has 46 heavy (non-hydrogen) atoms. The Labute approximate surface area is 266 Å². The summed E-state index contributed by atoms with van der Waals surface area (Å²) in [6, 6.07) is 4.78. The van der Waals surface area contributed by atoms with Crippen LogP contribution in [0.1, 0.15) is 63.7 Å². The van der Waals surface area contributed by atoms with Crippen molar-refractivity contribution in [1.82, 2.24) is 19.5 Å². The Hall–Kier alpha value is -4.93. The largest absolute Gasteiger partial charge is 0.466 e. The molecular weight excluding hydrogens is 594 g/mol. The number of aromatic amines is 1. The van der Waals surface area contributed by atoms with E-state index >= 15 is 0 Å². The van der Waals surface area contributed by atoms with Gasteiger partial charge >= 0.3 is 11.9 Å². The van der Waals surface area contributed by atoms with Gasteiger partial charge in [0.1, 0.15) is 17.4 Å². The molecule has 2 fully saturated rings. The number of nitrogens with zero attached hydrogens (tertiary/aromatic N) is 6. The maximum Gasteiger partial charge on any atom is 0.331 e. The molecule has 2 aromatic heterocycles. The number of benzene rings is 1. The molecule has 2 unspecified atom stereocenters. The standard InChI is InChI=1S/C32H39N7O7/c1-6-45-27(41)10-9-26(40)37-13-11-36(12-14-37)24-8-7-22(17-25(24)39(43)44)30-34-31-28(23(33-5)18-38(31)35-30)32(42)46-29-20(3)15-19(2)16-21(29)4/h7-8,17-21,29H,6,9-16H2,1-4H3,(H,34,35). The van der Waals surface area contributed by atoms with Crippen molar-refractivity contribution in [2.75, 3.05) is 37.7 Å². The number of carbonyl (C=O) groups excluding carboxylic acids is 3. The lowest BCUT2D eigenvalue weighted by atomic mass is 9.75. The van der Waals surface area contributed by atoms with Crippen LogP contribution in [0.3, 0.4) is 0 Å². The quantitative estimate of drug-likeness (QED) is 0.148. The maximum absolute atomic E-state index is 13.4. The molecule has 0 bridgehead atoms. The fourth-order valence-electron chi connectivity index (χ4n) is 6.82. The van der Waals surface area contributed by atoms with Gasteiger partial charge in [-0.1, -0.05) is 20.8 Å². The second-order valence-corrected chi connectivity index (χ2v) is 12.3. The first-order valence-electron chi connectivity index (χ1n) is 15.7. The van der Waals surface area contributed by atoms with Crippen LogP contribution in [-0.2, 0) is 19.1 Å². The fourth-order valence-corrected chi connectivity index (χ4v) is 6.82. The summed E-state index contributed by atoms with van der Waals surface area (Å²) >= 11 is 0. The second kappa shape index (κ2) is 13.6. The van der Waals surface area contributed by atoms with Gasteiger partial charge in [0.05, 0.1) is 24.5 Å². The van der Waals surface area contributed by atoms with Crippen molar-refractivity contribution in [2.45, 2.75) is 59.5 Å². The Morgan fingerprint density at radius 3 is 2.43 bits per heavy atom. The van der Waals surface area contributed by atoms with Gasteiger partial charge in [0.25, 0.3) is 5.69 Å². The number of piperazine rings is 1. The van der Waals surface area contributed by atoms with E-state index in [1.807, 2.05) is 4.90 Å². The number of nitro benzene ring substituents is 1. The highest BCUT2D eigenvalue weighted by molar-refractivity contribution is 6.03. The highest BCUT2D eigenvalue weighted by atomic mass is 16.6. The molecule has 0 spiro atoms. The Kier molecular flexibility index (Phi) is 9.60. The summed E-state index contributed by atoms with van der Waals surface area (Å²) in [5.41, 5.74) is 1.10. The van der Waals surface area contributed by atoms with Crippen molar-refractivity contribution in [3.05, 3.63) is 51.5 Å². The average molecular weight is 634 g/mol. The number of H-pyrrole nitrogens is 1. The number of hydrogen-bond donors (Lipinski definition) is 1. The van der Waals surface area contributed by atoms with Crippen molar-refractivity contribution < 1.29 is 28.8 Å². The van der Waals surface area contributed by atoms with Gasteiger partial charge in [-0.2, -0.15) is 0 Å². The van der Waals surface area contributed by atoms with Gasteiger partial charge in [0.2, 0.25) is 11.6 Å². The lowest BCUT2D eigenvalue weighted by Gasteiger charge is -2.37. The molecular formula is C32H39N7O7. The lowest BCUT2D eigenvalue weighted by molar-refractivity contribution is -0.384. The van der Waals surface area contributed by atoms with Crippen LogP contribution >= 0.6 is 0 Å². The normalized spacial score (nSPS) is 21.5. The highest BCUT2D eigenvalue weighted by Crippen LogP contribution is 2.37. The van der Waals surface area contributed by atoms with Crippen molar-refractivity contribution in [3.63, 3.8) is 0 Å². The first-order chi connectivity index (χ1) is 22.0. The SMILES string of the molecule is [C-]#[N+]c1cn2[nH]c(-c3ccc(N4CCN(C(=O)CCC(=O)OCC)CC4)c([N+](=O)[O-])c3)nc2c1C(=O)OC1C(C)CC(C)CC1C. The molecule has 1 N–H and O–H groups in total. The fraction of sp³-hybridized carbons (Fsp3) is 0.531. The Morgan fingerprint density at radius 2 is 1.80 bits per heavy atom. The summed E-state index contributed by atoms with van der Waals surface area (Å²) in [5.74, 6) is 0.0309. The van der Waals surface area contributed by atoms with Gasteiger partial charge in [-0.3, -0.25) is 29.3 Å². The molecule has 14 nitrogen and oxygen atoms in total. The van der Waals surface area contributed by atoms with Gasteiger partial charge in [0, 0.05) is 50.4 Å². The Bertz CT molecular complexity index is 1670. The van der Waals surface area contributed by atoms with Crippen molar-refractivity contribution in [1.29, 1.82) is 0 Å². The molecule has 2 aliphatic rings. The topological polar surface area (TPSA) is 157 Å². The van der Waals surface area contributed by atoms with Gasteiger partial charge < -0.3 is 19.3 Å². The third kappa shape index (κ3) is 6.68. The molecule has 3 aromatic rings. The van der Waals surface area contributed by atoms with Gasteiger partial charge in [0.15, 0.2) is 11.5 Å². The minimum absolute atomic E-state index is 0.0159. The number of aromatic nitrogens is 3. The van der Waals surface area contributed by atoms with Crippen LogP contribution in [-0.4, -0.2) is 81.2 Å². The monoisotopic (exact) mass is 633 g/mol.